The minimum Gasteiger partial charge on any atom is -0.497 e. The standard InChI is InChI=1S/C23H19N5O3/c1-14-20(15-7-5-4-6-8-15)22-25-24-21-17(28(22)26-14)11-12-27(23(21)29)18-13-16(30-2)9-10-19(18)31-3/h4-13H,1-3H3. The van der Waals surface area contributed by atoms with Crippen molar-refractivity contribution in [3.63, 3.8) is 0 Å². The first-order valence-corrected chi connectivity index (χ1v) is 9.67. The van der Waals surface area contributed by atoms with Crippen molar-refractivity contribution in [2.45, 2.75) is 6.92 Å². The molecule has 0 aliphatic rings. The summed E-state index contributed by atoms with van der Waals surface area (Å²) in [5.74, 6) is 1.15. The highest BCUT2D eigenvalue weighted by Gasteiger charge is 2.18. The number of aromatic nitrogens is 5. The van der Waals surface area contributed by atoms with Gasteiger partial charge >= 0.3 is 0 Å². The first-order valence-electron chi connectivity index (χ1n) is 9.67. The molecule has 0 bridgehead atoms. The van der Waals surface area contributed by atoms with Gasteiger partial charge in [-0.1, -0.05) is 30.3 Å². The second-order valence-corrected chi connectivity index (χ2v) is 7.02. The summed E-state index contributed by atoms with van der Waals surface area (Å²) < 4.78 is 13.9. The summed E-state index contributed by atoms with van der Waals surface area (Å²) in [5.41, 5.74) is 4.33. The molecule has 2 aromatic carbocycles. The quantitative estimate of drug-likeness (QED) is 0.449. The van der Waals surface area contributed by atoms with Gasteiger partial charge in [-0.25, -0.2) is 4.52 Å². The van der Waals surface area contributed by atoms with Crippen molar-refractivity contribution in [2.24, 2.45) is 0 Å². The Kier molecular flexibility index (Phi) is 4.39. The molecule has 154 valence electrons. The molecule has 0 atom stereocenters. The highest BCUT2D eigenvalue weighted by Crippen LogP contribution is 2.29. The number of hydrogen-bond donors (Lipinski definition) is 0. The van der Waals surface area contributed by atoms with Crippen LogP contribution >= 0.6 is 0 Å². The number of nitrogens with zero attached hydrogens (tertiary/aromatic N) is 5. The number of benzene rings is 2. The maximum atomic E-state index is 13.3. The van der Waals surface area contributed by atoms with Crippen molar-refractivity contribution in [1.82, 2.24) is 24.4 Å². The average Bonchev–Trinajstić information content (AvgIpc) is 3.15. The van der Waals surface area contributed by atoms with Crippen molar-refractivity contribution in [3.8, 4) is 28.3 Å². The van der Waals surface area contributed by atoms with Gasteiger partial charge in [-0.2, -0.15) is 5.10 Å². The van der Waals surface area contributed by atoms with Crippen LogP contribution in [0.3, 0.4) is 0 Å². The lowest BCUT2D eigenvalue weighted by molar-refractivity contribution is 0.401. The SMILES string of the molecule is COc1ccc(OC)c(-n2ccc3c(nnc4c(-c5ccccc5)c(C)nn43)c2=O)c1. The number of fused-ring (bicyclic) bond motifs is 3. The number of pyridine rings is 1. The Bertz CT molecular complexity index is 1490. The molecule has 0 saturated carbocycles. The highest BCUT2D eigenvalue weighted by molar-refractivity contribution is 5.84. The summed E-state index contributed by atoms with van der Waals surface area (Å²) in [5, 5.41) is 13.3. The van der Waals surface area contributed by atoms with Gasteiger partial charge in [0.1, 0.15) is 17.0 Å². The normalized spacial score (nSPS) is 11.2. The van der Waals surface area contributed by atoms with Crippen molar-refractivity contribution < 1.29 is 9.47 Å². The van der Waals surface area contributed by atoms with E-state index in [1.54, 1.807) is 49.2 Å². The summed E-state index contributed by atoms with van der Waals surface area (Å²) in [6, 6.07) is 17.0. The Morgan fingerprint density at radius 1 is 0.935 bits per heavy atom. The largest absolute Gasteiger partial charge is 0.497 e. The van der Waals surface area contributed by atoms with Crippen LogP contribution in [0.1, 0.15) is 5.69 Å². The molecule has 0 fully saturated rings. The molecular formula is C23H19N5O3. The van der Waals surface area contributed by atoms with Crippen LogP contribution in [0.2, 0.25) is 0 Å². The molecule has 5 rings (SSSR count). The maximum absolute atomic E-state index is 13.3. The van der Waals surface area contributed by atoms with Gasteiger partial charge in [-0.15, -0.1) is 10.2 Å². The molecule has 0 amide bonds. The smallest absolute Gasteiger partial charge is 0.285 e. The molecule has 0 aliphatic heterocycles. The fraction of sp³-hybridized carbons (Fsp3) is 0.130. The Morgan fingerprint density at radius 3 is 2.48 bits per heavy atom. The number of hydrogen-bond acceptors (Lipinski definition) is 6. The van der Waals surface area contributed by atoms with Crippen LogP contribution in [0.25, 0.3) is 33.5 Å². The number of aryl methyl sites for hydroxylation is 1. The van der Waals surface area contributed by atoms with Gasteiger partial charge in [0.2, 0.25) is 0 Å². The van der Waals surface area contributed by atoms with Gasteiger partial charge < -0.3 is 9.47 Å². The molecule has 5 aromatic rings. The molecular weight excluding hydrogens is 394 g/mol. The van der Waals surface area contributed by atoms with Gasteiger partial charge in [0.15, 0.2) is 11.2 Å². The second-order valence-electron chi connectivity index (χ2n) is 7.02. The van der Waals surface area contributed by atoms with E-state index in [4.69, 9.17) is 9.47 Å². The van der Waals surface area contributed by atoms with Crippen LogP contribution in [-0.4, -0.2) is 38.6 Å². The Labute approximate surface area is 177 Å². The topological polar surface area (TPSA) is 83.5 Å². The van der Waals surface area contributed by atoms with E-state index in [2.05, 4.69) is 15.3 Å². The number of methoxy groups -OCH3 is 2. The zero-order valence-electron chi connectivity index (χ0n) is 17.2. The van der Waals surface area contributed by atoms with Crippen molar-refractivity contribution >= 4 is 16.7 Å². The number of ether oxygens (including phenoxy) is 2. The molecule has 8 heteroatoms. The van der Waals surface area contributed by atoms with Crippen LogP contribution in [0, 0.1) is 6.92 Å². The first-order chi connectivity index (χ1) is 15.1. The lowest BCUT2D eigenvalue weighted by atomic mass is 10.1. The molecule has 0 aliphatic carbocycles. The highest BCUT2D eigenvalue weighted by atomic mass is 16.5. The van der Waals surface area contributed by atoms with Crippen LogP contribution in [0.4, 0.5) is 0 Å². The molecule has 0 N–H and O–H groups in total. The van der Waals surface area contributed by atoms with Gasteiger partial charge in [0.05, 0.1) is 31.2 Å². The van der Waals surface area contributed by atoms with Gasteiger partial charge in [0, 0.05) is 12.3 Å². The lowest BCUT2D eigenvalue weighted by Gasteiger charge is -2.13. The van der Waals surface area contributed by atoms with Gasteiger partial charge in [-0.3, -0.25) is 9.36 Å². The molecule has 0 radical (unpaired) electrons. The number of rotatable bonds is 4. The Hall–Kier alpha value is -4.20. The van der Waals surface area contributed by atoms with Crippen LogP contribution in [0.5, 0.6) is 11.5 Å². The van der Waals surface area contributed by atoms with E-state index < -0.39 is 0 Å². The Balaban J connectivity index is 1.76. The van der Waals surface area contributed by atoms with Gasteiger partial charge in [-0.05, 0) is 30.7 Å². The van der Waals surface area contributed by atoms with E-state index in [1.807, 2.05) is 37.3 Å². The lowest BCUT2D eigenvalue weighted by Crippen LogP contribution is -2.20. The average molecular weight is 413 g/mol. The van der Waals surface area contributed by atoms with E-state index in [9.17, 15) is 4.79 Å². The summed E-state index contributed by atoms with van der Waals surface area (Å²) in [6.07, 6.45) is 1.68. The summed E-state index contributed by atoms with van der Waals surface area (Å²) in [6.45, 7) is 1.92. The zero-order chi connectivity index (χ0) is 21.5. The molecule has 8 nitrogen and oxygen atoms in total. The van der Waals surface area contributed by atoms with Crippen molar-refractivity contribution in [1.29, 1.82) is 0 Å². The van der Waals surface area contributed by atoms with Crippen LogP contribution < -0.4 is 15.0 Å². The fourth-order valence-corrected chi connectivity index (χ4v) is 3.77. The van der Waals surface area contributed by atoms with E-state index >= 15 is 0 Å². The monoisotopic (exact) mass is 413 g/mol. The van der Waals surface area contributed by atoms with E-state index in [1.165, 1.54) is 4.57 Å². The second kappa shape index (κ2) is 7.24. The molecule has 3 aromatic heterocycles. The van der Waals surface area contributed by atoms with E-state index in [0.29, 0.717) is 28.4 Å². The maximum Gasteiger partial charge on any atom is 0.285 e. The molecule has 0 saturated heterocycles. The zero-order valence-corrected chi connectivity index (χ0v) is 17.2. The molecule has 0 unspecified atom stereocenters. The third-order valence-corrected chi connectivity index (χ3v) is 5.26. The first kappa shape index (κ1) is 18.8. The van der Waals surface area contributed by atoms with Gasteiger partial charge in [0.25, 0.3) is 5.56 Å². The summed E-state index contributed by atoms with van der Waals surface area (Å²) >= 11 is 0. The minimum absolute atomic E-state index is 0.210. The van der Waals surface area contributed by atoms with E-state index in [-0.39, 0.29) is 11.1 Å². The van der Waals surface area contributed by atoms with Crippen LogP contribution in [0.15, 0.2) is 65.6 Å². The third-order valence-electron chi connectivity index (χ3n) is 5.26. The Morgan fingerprint density at radius 2 is 1.74 bits per heavy atom. The third kappa shape index (κ3) is 2.92. The molecule has 31 heavy (non-hydrogen) atoms. The molecule has 3 heterocycles. The fourth-order valence-electron chi connectivity index (χ4n) is 3.77. The van der Waals surface area contributed by atoms with Crippen molar-refractivity contribution in [3.05, 3.63) is 76.8 Å². The predicted octanol–water partition coefficient (Wildman–Crippen LogP) is 3.42. The summed E-state index contributed by atoms with van der Waals surface area (Å²) in [4.78, 5) is 13.3. The van der Waals surface area contributed by atoms with E-state index in [0.717, 1.165) is 16.8 Å². The predicted molar refractivity (Wildman–Crippen MR) is 117 cm³/mol. The summed E-state index contributed by atoms with van der Waals surface area (Å²) in [7, 11) is 3.12. The molecule has 0 spiro atoms. The van der Waals surface area contributed by atoms with Crippen molar-refractivity contribution in [2.75, 3.05) is 14.2 Å². The minimum atomic E-state index is -0.326. The van der Waals surface area contributed by atoms with Crippen LogP contribution in [-0.2, 0) is 0 Å².